The number of benzene rings is 1. The molecule has 0 radical (unpaired) electrons. The molecule has 19 heavy (non-hydrogen) atoms. The molecule has 6 nitrogen and oxygen atoms in total. The summed E-state index contributed by atoms with van der Waals surface area (Å²) in [6.45, 7) is -0.0713. The first kappa shape index (κ1) is 13.4. The highest BCUT2D eigenvalue weighted by Gasteiger charge is 2.48. The van der Waals surface area contributed by atoms with Crippen molar-refractivity contribution in [1.82, 2.24) is 0 Å². The van der Waals surface area contributed by atoms with Crippen LogP contribution in [0.4, 0.5) is 5.69 Å². The minimum absolute atomic E-state index is 0.0922. The molecule has 102 valence electrons. The normalized spacial score (nSPS) is 15.6. The van der Waals surface area contributed by atoms with Crippen LogP contribution in [0.15, 0.2) is 24.3 Å². The zero-order valence-electron chi connectivity index (χ0n) is 10.4. The maximum Gasteiger partial charge on any atom is 0.341 e. The third kappa shape index (κ3) is 3.23. The van der Waals surface area contributed by atoms with E-state index in [-0.39, 0.29) is 5.91 Å². The average molecular weight is 264 g/mol. The number of aliphatic carboxylic acids is 1. The molecule has 0 heterocycles. The van der Waals surface area contributed by atoms with Gasteiger partial charge in [0.05, 0.1) is 5.41 Å². The van der Waals surface area contributed by atoms with Gasteiger partial charge in [-0.05, 0) is 25.0 Å². The number of ether oxygens (including phenoxy) is 1. The Morgan fingerprint density at radius 1 is 1.42 bits per heavy atom. The fourth-order valence-electron chi connectivity index (χ4n) is 1.75. The molecule has 0 spiro atoms. The summed E-state index contributed by atoms with van der Waals surface area (Å²) in [5.41, 5.74) is 5.74. The fourth-order valence-corrected chi connectivity index (χ4v) is 1.75. The van der Waals surface area contributed by atoms with Gasteiger partial charge in [0, 0.05) is 18.3 Å². The van der Waals surface area contributed by atoms with E-state index in [1.807, 2.05) is 0 Å². The quantitative estimate of drug-likeness (QED) is 0.706. The van der Waals surface area contributed by atoms with E-state index >= 15 is 0 Å². The molecule has 0 aliphatic heterocycles. The van der Waals surface area contributed by atoms with Crippen molar-refractivity contribution >= 4 is 17.6 Å². The van der Waals surface area contributed by atoms with Gasteiger partial charge in [0.2, 0.25) is 5.91 Å². The summed E-state index contributed by atoms with van der Waals surface area (Å²) in [5, 5.41) is 11.3. The second-order valence-electron chi connectivity index (χ2n) is 4.65. The summed E-state index contributed by atoms with van der Waals surface area (Å²) in [6.07, 6.45) is 1.62. The van der Waals surface area contributed by atoms with Crippen LogP contribution in [0.1, 0.15) is 12.8 Å². The van der Waals surface area contributed by atoms with E-state index in [1.54, 1.807) is 24.3 Å². The third-order valence-corrected chi connectivity index (χ3v) is 3.18. The Morgan fingerprint density at radius 3 is 2.74 bits per heavy atom. The summed E-state index contributed by atoms with van der Waals surface area (Å²) in [5.74, 6) is -0.738. The summed E-state index contributed by atoms with van der Waals surface area (Å²) in [7, 11) is 0. The van der Waals surface area contributed by atoms with Crippen LogP contribution >= 0.6 is 0 Å². The first-order valence-corrected chi connectivity index (χ1v) is 6.02. The van der Waals surface area contributed by atoms with Gasteiger partial charge < -0.3 is 20.9 Å². The smallest absolute Gasteiger partial charge is 0.341 e. The number of anilines is 1. The van der Waals surface area contributed by atoms with E-state index in [0.29, 0.717) is 18.0 Å². The molecule has 0 aromatic heterocycles. The second-order valence-corrected chi connectivity index (χ2v) is 4.65. The Kier molecular flexibility index (Phi) is 3.71. The lowest BCUT2D eigenvalue weighted by Crippen LogP contribution is -2.30. The van der Waals surface area contributed by atoms with Crippen LogP contribution < -0.4 is 15.8 Å². The lowest BCUT2D eigenvalue weighted by atomic mass is 10.1. The molecule has 1 aliphatic rings. The van der Waals surface area contributed by atoms with Gasteiger partial charge in [-0.2, -0.15) is 0 Å². The Labute approximate surface area is 110 Å². The molecule has 1 aromatic rings. The van der Waals surface area contributed by atoms with Crippen LogP contribution in [0, 0.1) is 5.41 Å². The molecule has 1 saturated carbocycles. The summed E-state index contributed by atoms with van der Waals surface area (Å²) < 4.78 is 5.04. The number of carbonyl (C=O) groups is 2. The molecule has 1 amide bonds. The SMILES string of the molecule is NCC1(C(=O)Nc2cccc(OCC(=O)O)c2)CC1. The molecule has 0 saturated heterocycles. The van der Waals surface area contributed by atoms with Gasteiger partial charge in [0.1, 0.15) is 5.75 Å². The number of hydrogen-bond acceptors (Lipinski definition) is 4. The highest BCUT2D eigenvalue weighted by atomic mass is 16.5. The van der Waals surface area contributed by atoms with Crippen LogP contribution in [0.3, 0.4) is 0 Å². The van der Waals surface area contributed by atoms with Gasteiger partial charge in [-0.15, -0.1) is 0 Å². The molecule has 1 aliphatic carbocycles. The van der Waals surface area contributed by atoms with Crippen LogP contribution in [-0.4, -0.2) is 30.1 Å². The second kappa shape index (κ2) is 5.27. The molecular formula is C13H16N2O4. The lowest BCUT2D eigenvalue weighted by molar-refractivity contribution is -0.139. The minimum Gasteiger partial charge on any atom is -0.482 e. The van der Waals surface area contributed by atoms with E-state index in [0.717, 1.165) is 12.8 Å². The van der Waals surface area contributed by atoms with Gasteiger partial charge in [0.25, 0.3) is 0 Å². The highest BCUT2D eigenvalue weighted by molar-refractivity contribution is 5.97. The predicted molar refractivity (Wildman–Crippen MR) is 68.9 cm³/mol. The summed E-state index contributed by atoms with van der Waals surface area (Å²) in [4.78, 5) is 22.4. The van der Waals surface area contributed by atoms with E-state index in [4.69, 9.17) is 15.6 Å². The largest absolute Gasteiger partial charge is 0.482 e. The van der Waals surface area contributed by atoms with Crippen molar-refractivity contribution in [3.8, 4) is 5.75 Å². The average Bonchev–Trinajstić information content (AvgIpc) is 3.18. The van der Waals surface area contributed by atoms with E-state index < -0.39 is 18.0 Å². The number of hydrogen-bond donors (Lipinski definition) is 3. The van der Waals surface area contributed by atoms with Crippen molar-refractivity contribution in [2.24, 2.45) is 11.1 Å². The number of nitrogens with two attached hydrogens (primary N) is 1. The van der Waals surface area contributed by atoms with E-state index in [9.17, 15) is 9.59 Å². The molecule has 2 rings (SSSR count). The molecule has 6 heteroatoms. The zero-order chi connectivity index (χ0) is 13.9. The lowest BCUT2D eigenvalue weighted by Gasteiger charge is -2.13. The first-order valence-electron chi connectivity index (χ1n) is 6.02. The Morgan fingerprint density at radius 2 is 2.16 bits per heavy atom. The van der Waals surface area contributed by atoms with Crippen molar-refractivity contribution in [2.45, 2.75) is 12.8 Å². The third-order valence-electron chi connectivity index (χ3n) is 3.18. The maximum atomic E-state index is 12.0. The summed E-state index contributed by atoms with van der Waals surface area (Å²) >= 11 is 0. The Balaban J connectivity index is 1.99. The zero-order valence-corrected chi connectivity index (χ0v) is 10.4. The van der Waals surface area contributed by atoms with Crippen molar-refractivity contribution < 1.29 is 19.4 Å². The monoisotopic (exact) mass is 264 g/mol. The molecule has 1 aromatic carbocycles. The van der Waals surface area contributed by atoms with Gasteiger partial charge in [-0.3, -0.25) is 4.79 Å². The molecular weight excluding hydrogens is 248 g/mol. The minimum atomic E-state index is -1.05. The van der Waals surface area contributed by atoms with Gasteiger partial charge in [-0.1, -0.05) is 6.07 Å². The number of carbonyl (C=O) groups excluding carboxylic acids is 1. The molecule has 0 unspecified atom stereocenters. The van der Waals surface area contributed by atoms with Crippen LogP contribution in [0.5, 0.6) is 5.75 Å². The molecule has 0 bridgehead atoms. The standard InChI is InChI=1S/C13H16N2O4/c14-8-13(4-5-13)12(18)15-9-2-1-3-10(6-9)19-7-11(16)17/h1-3,6H,4-5,7-8,14H2,(H,15,18)(H,16,17). The number of nitrogens with one attached hydrogen (secondary N) is 1. The number of carboxylic acid groups (broad SMARTS) is 1. The number of amides is 1. The van der Waals surface area contributed by atoms with Gasteiger partial charge >= 0.3 is 5.97 Å². The van der Waals surface area contributed by atoms with Crippen molar-refractivity contribution in [2.75, 3.05) is 18.5 Å². The Bertz CT molecular complexity index is 497. The van der Waals surface area contributed by atoms with Crippen LogP contribution in [-0.2, 0) is 9.59 Å². The van der Waals surface area contributed by atoms with Crippen molar-refractivity contribution in [1.29, 1.82) is 0 Å². The fraction of sp³-hybridized carbons (Fsp3) is 0.385. The van der Waals surface area contributed by atoms with E-state index in [2.05, 4.69) is 5.32 Å². The predicted octanol–water partition coefficient (Wildman–Crippen LogP) is 0.827. The molecule has 1 fully saturated rings. The summed E-state index contributed by atoms with van der Waals surface area (Å²) in [6, 6.07) is 6.63. The highest BCUT2D eigenvalue weighted by Crippen LogP contribution is 2.45. The molecule has 4 N–H and O–H groups in total. The van der Waals surface area contributed by atoms with Crippen molar-refractivity contribution in [3.05, 3.63) is 24.3 Å². The Hall–Kier alpha value is -2.08. The van der Waals surface area contributed by atoms with Crippen molar-refractivity contribution in [3.63, 3.8) is 0 Å². The van der Waals surface area contributed by atoms with Crippen LogP contribution in [0.2, 0.25) is 0 Å². The number of carboxylic acids is 1. The number of rotatable bonds is 6. The first-order chi connectivity index (χ1) is 9.05. The van der Waals surface area contributed by atoms with E-state index in [1.165, 1.54) is 0 Å². The maximum absolute atomic E-state index is 12.0. The molecule has 0 atom stereocenters. The van der Waals surface area contributed by atoms with Gasteiger partial charge in [-0.25, -0.2) is 4.79 Å². The topological polar surface area (TPSA) is 102 Å². The van der Waals surface area contributed by atoms with Crippen LogP contribution in [0.25, 0.3) is 0 Å². The van der Waals surface area contributed by atoms with Gasteiger partial charge in [0.15, 0.2) is 6.61 Å².